The van der Waals surface area contributed by atoms with Gasteiger partial charge in [-0.05, 0) is 11.1 Å². The standard InChI is InChI=1S/C27H32N4O4.ClH/c1-27(2,26(28)34)22(18-35-17-20-11-7-4-8-12-20)25(33)30-14-13-23-21(16-30)24(32)31(29-23)15-19-9-5-3-6-10-19;/h3-12,21-22H,13-18H2,1-2H3,(H2,28,34);1H/t21?,22-;/m1./s1. The number of nitrogens with two attached hydrogens (primary N) is 1. The number of ether oxygens (including phenoxy) is 1. The molecule has 2 aliphatic heterocycles. The van der Waals surface area contributed by atoms with Crippen molar-refractivity contribution in [1.82, 2.24) is 9.91 Å². The highest BCUT2D eigenvalue weighted by Gasteiger charge is 2.46. The van der Waals surface area contributed by atoms with Crippen molar-refractivity contribution in [1.29, 1.82) is 0 Å². The number of hydrogen-bond donors (Lipinski definition) is 1. The van der Waals surface area contributed by atoms with Crippen molar-refractivity contribution < 1.29 is 19.1 Å². The van der Waals surface area contributed by atoms with Crippen LogP contribution in [0.5, 0.6) is 0 Å². The summed E-state index contributed by atoms with van der Waals surface area (Å²) in [4.78, 5) is 40.6. The second-order valence-corrected chi connectivity index (χ2v) is 9.70. The van der Waals surface area contributed by atoms with E-state index in [9.17, 15) is 14.4 Å². The van der Waals surface area contributed by atoms with Gasteiger partial charge in [0.2, 0.25) is 11.8 Å². The molecule has 2 aromatic rings. The van der Waals surface area contributed by atoms with E-state index >= 15 is 0 Å². The zero-order chi connectivity index (χ0) is 25.0. The topological polar surface area (TPSA) is 105 Å². The van der Waals surface area contributed by atoms with Crippen LogP contribution in [0.1, 0.15) is 31.4 Å². The molecule has 192 valence electrons. The lowest BCUT2D eigenvalue weighted by Crippen LogP contribution is -2.53. The van der Waals surface area contributed by atoms with E-state index in [1.54, 1.807) is 18.7 Å². The van der Waals surface area contributed by atoms with Crippen LogP contribution >= 0.6 is 12.4 Å². The van der Waals surface area contributed by atoms with Crippen LogP contribution in [0.15, 0.2) is 65.8 Å². The number of halogens is 1. The van der Waals surface area contributed by atoms with Crippen LogP contribution in [-0.2, 0) is 32.3 Å². The molecule has 2 aliphatic rings. The summed E-state index contributed by atoms with van der Waals surface area (Å²) in [5.74, 6) is -2.12. The average molecular weight is 513 g/mol. The quantitative estimate of drug-likeness (QED) is 0.557. The third-order valence-corrected chi connectivity index (χ3v) is 6.93. The van der Waals surface area contributed by atoms with Gasteiger partial charge in [-0.25, -0.2) is 5.01 Å². The fraction of sp³-hybridized carbons (Fsp3) is 0.407. The Bertz CT molecular complexity index is 1110. The summed E-state index contributed by atoms with van der Waals surface area (Å²) in [6, 6.07) is 19.3. The molecule has 0 aromatic heterocycles. The number of piperidine rings is 1. The van der Waals surface area contributed by atoms with Crippen molar-refractivity contribution in [2.24, 2.45) is 28.1 Å². The van der Waals surface area contributed by atoms with Crippen LogP contribution in [0.4, 0.5) is 0 Å². The van der Waals surface area contributed by atoms with Gasteiger partial charge in [-0.2, -0.15) is 5.10 Å². The van der Waals surface area contributed by atoms with Gasteiger partial charge < -0.3 is 15.4 Å². The SMILES string of the molecule is CC(C)(C(N)=O)[C@H](COCc1ccccc1)C(=O)N1CCC2=NN(Cc3ccccc3)C(=O)C2C1.Cl. The molecule has 36 heavy (non-hydrogen) atoms. The molecular formula is C27H33ClN4O4. The van der Waals surface area contributed by atoms with Gasteiger partial charge in [0.1, 0.15) is 0 Å². The summed E-state index contributed by atoms with van der Waals surface area (Å²) in [6.07, 6.45) is 0.516. The Morgan fingerprint density at radius 3 is 2.31 bits per heavy atom. The number of carbonyl (C=O) groups is 3. The molecule has 8 nitrogen and oxygen atoms in total. The van der Waals surface area contributed by atoms with Crippen molar-refractivity contribution in [3.63, 3.8) is 0 Å². The number of amides is 3. The molecule has 0 radical (unpaired) electrons. The normalized spacial score (nSPS) is 18.2. The largest absolute Gasteiger partial charge is 0.376 e. The summed E-state index contributed by atoms with van der Waals surface area (Å²) in [6.45, 7) is 4.80. The van der Waals surface area contributed by atoms with E-state index < -0.39 is 23.2 Å². The van der Waals surface area contributed by atoms with E-state index in [2.05, 4.69) is 5.10 Å². The minimum Gasteiger partial charge on any atom is -0.376 e. The maximum atomic E-state index is 13.6. The summed E-state index contributed by atoms with van der Waals surface area (Å²) in [7, 11) is 0. The highest BCUT2D eigenvalue weighted by Crippen LogP contribution is 2.32. The lowest BCUT2D eigenvalue weighted by Gasteiger charge is -2.37. The van der Waals surface area contributed by atoms with Crippen molar-refractivity contribution >= 4 is 35.8 Å². The maximum absolute atomic E-state index is 13.6. The number of nitrogens with zero attached hydrogens (tertiary/aromatic N) is 3. The van der Waals surface area contributed by atoms with Crippen LogP contribution in [0.2, 0.25) is 0 Å². The lowest BCUT2D eigenvalue weighted by molar-refractivity contribution is -0.150. The molecule has 0 spiro atoms. The Morgan fingerprint density at radius 2 is 1.69 bits per heavy atom. The first-order valence-electron chi connectivity index (χ1n) is 11.9. The van der Waals surface area contributed by atoms with E-state index in [0.29, 0.717) is 26.1 Å². The Kier molecular flexibility index (Phi) is 8.87. The Labute approximate surface area is 217 Å². The average Bonchev–Trinajstić information content (AvgIpc) is 3.17. The van der Waals surface area contributed by atoms with Crippen LogP contribution in [0.25, 0.3) is 0 Å². The molecule has 2 heterocycles. The number of rotatable bonds is 9. The van der Waals surface area contributed by atoms with Crippen LogP contribution in [-0.4, -0.2) is 53.0 Å². The zero-order valence-electron chi connectivity index (χ0n) is 20.6. The highest BCUT2D eigenvalue weighted by molar-refractivity contribution is 6.09. The molecule has 3 amide bonds. The van der Waals surface area contributed by atoms with Crippen molar-refractivity contribution in [3.8, 4) is 0 Å². The second-order valence-electron chi connectivity index (χ2n) is 9.70. The number of benzene rings is 2. The minimum atomic E-state index is -1.11. The van der Waals surface area contributed by atoms with E-state index in [-0.39, 0.29) is 37.4 Å². The predicted octanol–water partition coefficient (Wildman–Crippen LogP) is 3.00. The highest BCUT2D eigenvalue weighted by atomic mass is 35.5. The second kappa shape index (κ2) is 11.7. The molecule has 1 fully saturated rings. The first-order valence-corrected chi connectivity index (χ1v) is 11.9. The van der Waals surface area contributed by atoms with Gasteiger partial charge in [0.25, 0.3) is 5.91 Å². The Morgan fingerprint density at radius 1 is 1.08 bits per heavy atom. The number of primary amides is 1. The van der Waals surface area contributed by atoms with Crippen LogP contribution < -0.4 is 5.73 Å². The predicted molar refractivity (Wildman–Crippen MR) is 139 cm³/mol. The summed E-state index contributed by atoms with van der Waals surface area (Å²) in [5, 5.41) is 6.05. The summed E-state index contributed by atoms with van der Waals surface area (Å²) >= 11 is 0. The lowest BCUT2D eigenvalue weighted by atomic mass is 9.77. The molecule has 1 saturated heterocycles. The van der Waals surface area contributed by atoms with E-state index in [0.717, 1.165) is 16.8 Å². The smallest absolute Gasteiger partial charge is 0.253 e. The number of carbonyl (C=O) groups excluding carboxylic acids is 3. The number of likely N-dealkylation sites (tertiary alicyclic amines) is 1. The van der Waals surface area contributed by atoms with Crippen LogP contribution in [0.3, 0.4) is 0 Å². The molecular weight excluding hydrogens is 480 g/mol. The van der Waals surface area contributed by atoms with Gasteiger partial charge in [0.15, 0.2) is 0 Å². The molecule has 9 heteroatoms. The fourth-order valence-electron chi connectivity index (χ4n) is 4.48. The number of hydrogen-bond acceptors (Lipinski definition) is 5. The van der Waals surface area contributed by atoms with Gasteiger partial charge in [0, 0.05) is 19.5 Å². The van der Waals surface area contributed by atoms with E-state index in [1.165, 1.54) is 5.01 Å². The zero-order valence-corrected chi connectivity index (χ0v) is 21.4. The molecule has 2 N–H and O–H groups in total. The van der Waals surface area contributed by atoms with Gasteiger partial charge in [-0.1, -0.05) is 74.5 Å². The third kappa shape index (κ3) is 5.94. The number of fused-ring (bicyclic) bond motifs is 1. The third-order valence-electron chi connectivity index (χ3n) is 6.93. The monoisotopic (exact) mass is 512 g/mol. The molecule has 1 unspecified atom stereocenters. The maximum Gasteiger partial charge on any atom is 0.253 e. The van der Waals surface area contributed by atoms with Crippen LogP contribution in [0, 0.1) is 17.3 Å². The van der Waals surface area contributed by atoms with E-state index in [4.69, 9.17) is 10.5 Å². The molecule has 0 saturated carbocycles. The Balaban J connectivity index is 0.00000361. The van der Waals surface area contributed by atoms with Gasteiger partial charge in [0.05, 0.1) is 42.7 Å². The van der Waals surface area contributed by atoms with Gasteiger partial charge in [-0.3, -0.25) is 14.4 Å². The van der Waals surface area contributed by atoms with Crippen molar-refractivity contribution in [3.05, 3.63) is 71.8 Å². The number of hydrazone groups is 1. The molecule has 2 aromatic carbocycles. The van der Waals surface area contributed by atoms with Gasteiger partial charge in [-0.15, -0.1) is 12.4 Å². The molecule has 4 rings (SSSR count). The van der Waals surface area contributed by atoms with Crippen molar-refractivity contribution in [2.75, 3.05) is 19.7 Å². The minimum absolute atomic E-state index is 0. The first-order chi connectivity index (χ1) is 16.8. The van der Waals surface area contributed by atoms with Crippen molar-refractivity contribution in [2.45, 2.75) is 33.4 Å². The Hall–Kier alpha value is -3.23. The van der Waals surface area contributed by atoms with E-state index in [1.807, 2.05) is 60.7 Å². The fourth-order valence-corrected chi connectivity index (χ4v) is 4.48. The molecule has 0 bridgehead atoms. The molecule has 2 atom stereocenters. The summed E-state index contributed by atoms with van der Waals surface area (Å²) < 4.78 is 5.87. The summed E-state index contributed by atoms with van der Waals surface area (Å²) in [5.41, 5.74) is 7.34. The first kappa shape index (κ1) is 27.4. The van der Waals surface area contributed by atoms with Gasteiger partial charge >= 0.3 is 0 Å². The molecule has 0 aliphatic carbocycles.